The van der Waals surface area contributed by atoms with Gasteiger partial charge in [-0.1, -0.05) is 13.8 Å². The Labute approximate surface area is 151 Å². The van der Waals surface area contributed by atoms with Crippen molar-refractivity contribution < 1.29 is 9.84 Å². The number of hydrogen-bond acceptors (Lipinski definition) is 3. The molecule has 6 bridgehead atoms. The van der Waals surface area contributed by atoms with Gasteiger partial charge >= 0.3 is 0 Å². The fourth-order valence-corrected chi connectivity index (χ4v) is 10.3. The molecular formula is C22H33NO2. The smallest absolute Gasteiger partial charge is 0.0841 e. The third-order valence-electron chi connectivity index (χ3n) is 10.2. The normalized spacial score (nSPS) is 65.4. The van der Waals surface area contributed by atoms with Crippen LogP contribution in [0, 0.1) is 58.7 Å². The van der Waals surface area contributed by atoms with E-state index in [4.69, 9.17) is 4.74 Å². The zero-order valence-corrected chi connectivity index (χ0v) is 15.7. The number of β-amino-alcohol motifs (C(OH)–C–C–N with tert-alkyl or cyclic N) is 1. The van der Waals surface area contributed by atoms with Crippen LogP contribution in [0.15, 0.2) is 0 Å². The van der Waals surface area contributed by atoms with Crippen molar-refractivity contribution in [2.24, 2.45) is 58.7 Å². The minimum absolute atomic E-state index is 0.307. The fraction of sp³-hybridized carbons (Fsp3) is 1.00. The highest BCUT2D eigenvalue weighted by atomic mass is 16.5. The first-order valence-corrected chi connectivity index (χ1v) is 11.0. The zero-order valence-electron chi connectivity index (χ0n) is 15.7. The van der Waals surface area contributed by atoms with Crippen LogP contribution in [-0.4, -0.2) is 48.0 Å². The molecule has 10 atom stereocenters. The summed E-state index contributed by atoms with van der Waals surface area (Å²) in [4.78, 5) is 2.68. The van der Waals surface area contributed by atoms with Gasteiger partial charge < -0.3 is 9.84 Å². The number of aliphatic hydroxyl groups is 1. The minimum Gasteiger partial charge on any atom is -0.388 e. The Hall–Kier alpha value is -0.120. The maximum absolute atomic E-state index is 12.0. The Kier molecular flexibility index (Phi) is 2.56. The van der Waals surface area contributed by atoms with Crippen molar-refractivity contribution in [3.05, 3.63) is 0 Å². The van der Waals surface area contributed by atoms with E-state index in [1.54, 1.807) is 0 Å². The second-order valence-corrected chi connectivity index (χ2v) is 11.8. The molecule has 8 fully saturated rings. The van der Waals surface area contributed by atoms with Gasteiger partial charge in [-0.25, -0.2) is 0 Å². The van der Waals surface area contributed by atoms with Gasteiger partial charge in [-0.3, -0.25) is 4.90 Å². The second kappa shape index (κ2) is 4.31. The van der Waals surface area contributed by atoms with Gasteiger partial charge in [0.25, 0.3) is 0 Å². The molecule has 3 heteroatoms. The third-order valence-corrected chi connectivity index (χ3v) is 10.2. The number of likely N-dealkylation sites (tertiary alicyclic amines) is 1. The van der Waals surface area contributed by atoms with Gasteiger partial charge in [-0.2, -0.15) is 0 Å². The highest BCUT2D eigenvalue weighted by Gasteiger charge is 2.84. The van der Waals surface area contributed by atoms with E-state index in [2.05, 4.69) is 18.7 Å². The zero-order chi connectivity index (χ0) is 16.7. The van der Waals surface area contributed by atoms with Crippen LogP contribution in [0.2, 0.25) is 0 Å². The van der Waals surface area contributed by atoms with Gasteiger partial charge in [0, 0.05) is 32.2 Å². The number of fused-ring (bicyclic) bond motifs is 1. The van der Waals surface area contributed by atoms with Gasteiger partial charge in [0.1, 0.15) is 0 Å². The first-order valence-electron chi connectivity index (χ1n) is 11.0. The number of ether oxygens (including phenoxy) is 1. The highest BCUT2D eigenvalue weighted by Crippen LogP contribution is 2.85. The van der Waals surface area contributed by atoms with Crippen molar-refractivity contribution in [2.75, 3.05) is 26.2 Å². The van der Waals surface area contributed by atoms with Crippen LogP contribution in [0.1, 0.15) is 39.5 Å². The summed E-state index contributed by atoms with van der Waals surface area (Å²) in [6.45, 7) is 9.04. The summed E-state index contributed by atoms with van der Waals surface area (Å²) in [6, 6.07) is 0. The van der Waals surface area contributed by atoms with E-state index >= 15 is 0 Å². The summed E-state index contributed by atoms with van der Waals surface area (Å²) >= 11 is 0. The number of rotatable bonds is 2. The summed E-state index contributed by atoms with van der Waals surface area (Å²) in [5.74, 6) is 7.69. The van der Waals surface area contributed by atoms with Gasteiger partial charge in [-0.05, 0) is 78.4 Å². The van der Waals surface area contributed by atoms with Crippen molar-refractivity contribution in [3.63, 3.8) is 0 Å². The largest absolute Gasteiger partial charge is 0.388 e. The summed E-state index contributed by atoms with van der Waals surface area (Å²) in [6.07, 6.45) is 5.84. The van der Waals surface area contributed by atoms with E-state index < -0.39 is 0 Å². The molecular weight excluding hydrogens is 310 g/mol. The van der Waals surface area contributed by atoms with E-state index in [1.807, 2.05) is 0 Å². The van der Waals surface area contributed by atoms with E-state index in [0.717, 1.165) is 61.7 Å². The SMILES string of the molecule is CC1(C)C[C@@H]2OCC[C@@H]2CN(CC2(O)C3C4CC5C6CC(C53)C2C64)C1. The minimum atomic E-state index is -0.347. The Morgan fingerprint density at radius 2 is 1.72 bits per heavy atom. The quantitative estimate of drug-likeness (QED) is 0.837. The Morgan fingerprint density at radius 1 is 1.04 bits per heavy atom. The molecule has 0 radical (unpaired) electrons. The standard InChI is InChI=1S/C22H33NO2/c1-21(2)7-16-11(3-4-25-16)8-23(9-21)10-22(24)19-14-5-12-13-6-15(17(12)19)20(22)18(13)14/h11-20,24H,3-10H2,1-2H3/t11-,12?,13?,14?,15?,16+,17?,18?,19?,20?,22?/m1/s1. The summed E-state index contributed by atoms with van der Waals surface area (Å²) in [5, 5.41) is 12.0. The number of hydrogen-bond donors (Lipinski definition) is 1. The molecule has 2 aliphatic heterocycles. The van der Waals surface area contributed by atoms with E-state index in [-0.39, 0.29) is 5.60 Å². The van der Waals surface area contributed by atoms with Crippen LogP contribution < -0.4 is 0 Å². The lowest BCUT2D eigenvalue weighted by Gasteiger charge is -2.38. The molecule has 3 nitrogen and oxygen atoms in total. The van der Waals surface area contributed by atoms with E-state index in [1.165, 1.54) is 25.7 Å². The van der Waals surface area contributed by atoms with Crippen LogP contribution in [0.3, 0.4) is 0 Å². The molecule has 0 amide bonds. The van der Waals surface area contributed by atoms with Crippen molar-refractivity contribution >= 4 is 0 Å². The highest BCUT2D eigenvalue weighted by molar-refractivity contribution is 5.32. The molecule has 138 valence electrons. The second-order valence-electron chi connectivity index (χ2n) is 11.8. The maximum Gasteiger partial charge on any atom is 0.0841 e. The molecule has 6 aliphatic carbocycles. The van der Waals surface area contributed by atoms with E-state index in [9.17, 15) is 5.11 Å². The fourth-order valence-electron chi connectivity index (χ4n) is 10.3. The molecule has 2 saturated heterocycles. The third kappa shape index (κ3) is 1.59. The van der Waals surface area contributed by atoms with Crippen molar-refractivity contribution in [3.8, 4) is 0 Å². The molecule has 8 aliphatic rings. The lowest BCUT2D eigenvalue weighted by molar-refractivity contribution is -0.0497. The molecule has 8 rings (SSSR count). The van der Waals surface area contributed by atoms with Crippen LogP contribution in [-0.2, 0) is 4.74 Å². The first-order chi connectivity index (χ1) is 12.0. The predicted molar refractivity (Wildman–Crippen MR) is 94.8 cm³/mol. The summed E-state index contributed by atoms with van der Waals surface area (Å²) in [7, 11) is 0. The van der Waals surface area contributed by atoms with Crippen molar-refractivity contribution in [2.45, 2.75) is 51.2 Å². The summed E-state index contributed by atoms with van der Waals surface area (Å²) in [5.41, 5.74) is -0.0406. The van der Waals surface area contributed by atoms with Crippen LogP contribution in [0.25, 0.3) is 0 Å². The van der Waals surface area contributed by atoms with E-state index in [0.29, 0.717) is 29.3 Å². The molecule has 0 spiro atoms. The predicted octanol–water partition coefficient (Wildman–Crippen LogP) is 2.63. The van der Waals surface area contributed by atoms with Crippen LogP contribution in [0.5, 0.6) is 0 Å². The van der Waals surface area contributed by atoms with Gasteiger partial charge in [-0.15, -0.1) is 0 Å². The van der Waals surface area contributed by atoms with Gasteiger partial charge in [0.05, 0.1) is 11.7 Å². The number of nitrogens with zero attached hydrogens (tertiary/aromatic N) is 1. The van der Waals surface area contributed by atoms with Gasteiger partial charge in [0.15, 0.2) is 0 Å². The van der Waals surface area contributed by atoms with Crippen LogP contribution >= 0.6 is 0 Å². The monoisotopic (exact) mass is 343 g/mol. The lowest BCUT2D eigenvalue weighted by Crippen LogP contribution is -2.50. The molecule has 25 heavy (non-hydrogen) atoms. The molecule has 0 aromatic rings. The first kappa shape index (κ1) is 14.9. The van der Waals surface area contributed by atoms with Crippen molar-refractivity contribution in [1.82, 2.24) is 4.90 Å². The van der Waals surface area contributed by atoms with Gasteiger partial charge in [0.2, 0.25) is 0 Å². The average Bonchev–Trinajstić information content (AvgIpc) is 3.27. The molecule has 0 aromatic heterocycles. The Bertz CT molecular complexity index is 604. The van der Waals surface area contributed by atoms with Crippen LogP contribution in [0.4, 0.5) is 0 Å². The lowest BCUT2D eigenvalue weighted by atomic mass is 9.71. The molecule has 6 saturated carbocycles. The molecule has 2 heterocycles. The van der Waals surface area contributed by atoms with Crippen molar-refractivity contribution in [1.29, 1.82) is 0 Å². The molecule has 0 aromatic carbocycles. The Balaban J connectivity index is 1.20. The Morgan fingerprint density at radius 3 is 2.40 bits per heavy atom. The topological polar surface area (TPSA) is 32.7 Å². The maximum atomic E-state index is 12.0. The molecule has 1 N–H and O–H groups in total. The average molecular weight is 344 g/mol. The summed E-state index contributed by atoms with van der Waals surface area (Å²) < 4.78 is 6.07. The molecule has 8 unspecified atom stereocenters.